The van der Waals surface area contributed by atoms with Crippen molar-refractivity contribution in [3.63, 3.8) is 0 Å². The van der Waals surface area contributed by atoms with Crippen LogP contribution >= 0.6 is 11.8 Å². The number of nitrogens with one attached hydrogen (secondary N) is 1. The van der Waals surface area contributed by atoms with Crippen LogP contribution in [0.4, 0.5) is 0 Å². The van der Waals surface area contributed by atoms with Gasteiger partial charge in [-0.05, 0) is 31.3 Å². The van der Waals surface area contributed by atoms with E-state index in [0.717, 1.165) is 25.0 Å². The Balaban J connectivity index is 2.18. The summed E-state index contributed by atoms with van der Waals surface area (Å²) in [7, 11) is 0. The maximum Gasteiger partial charge on any atom is 0.237 e. The number of hydrogen-bond donors (Lipinski definition) is 2. The van der Waals surface area contributed by atoms with E-state index in [1.807, 2.05) is 6.26 Å². The van der Waals surface area contributed by atoms with E-state index >= 15 is 0 Å². The van der Waals surface area contributed by atoms with Crippen LogP contribution in [0.5, 0.6) is 0 Å². The molecule has 3 nitrogen and oxygen atoms in total. The zero-order chi connectivity index (χ0) is 10.4. The normalized spacial score (nSPS) is 19.6. The Morgan fingerprint density at radius 3 is 2.79 bits per heavy atom. The predicted octanol–water partition coefficient (Wildman–Crippen LogP) is 1.13. The molecule has 1 rings (SSSR count). The van der Waals surface area contributed by atoms with Gasteiger partial charge >= 0.3 is 0 Å². The summed E-state index contributed by atoms with van der Waals surface area (Å²) in [6.45, 7) is 0. The first-order valence-electron chi connectivity index (χ1n) is 5.29. The molecule has 82 valence electrons. The minimum Gasteiger partial charge on any atom is -0.352 e. The lowest BCUT2D eigenvalue weighted by Gasteiger charge is -2.16. The molecule has 0 unspecified atom stereocenters. The van der Waals surface area contributed by atoms with Crippen molar-refractivity contribution >= 4 is 17.7 Å². The van der Waals surface area contributed by atoms with Crippen LogP contribution in [0.25, 0.3) is 0 Å². The molecular weight excluding hydrogens is 196 g/mol. The molecule has 0 aromatic heterocycles. The molecule has 0 saturated heterocycles. The summed E-state index contributed by atoms with van der Waals surface area (Å²) in [5.41, 5.74) is 5.76. The second-order valence-electron chi connectivity index (χ2n) is 3.88. The van der Waals surface area contributed by atoms with Crippen LogP contribution in [0.2, 0.25) is 0 Å². The summed E-state index contributed by atoms with van der Waals surface area (Å²) >= 11 is 1.73. The molecule has 1 saturated carbocycles. The molecule has 0 aromatic rings. The Morgan fingerprint density at radius 2 is 2.21 bits per heavy atom. The lowest BCUT2D eigenvalue weighted by atomic mass is 10.2. The number of carbonyl (C=O) groups is 1. The van der Waals surface area contributed by atoms with E-state index in [-0.39, 0.29) is 11.9 Å². The zero-order valence-corrected chi connectivity index (χ0v) is 9.61. The molecule has 1 fully saturated rings. The molecule has 0 bridgehead atoms. The van der Waals surface area contributed by atoms with E-state index in [1.165, 1.54) is 12.8 Å². The fourth-order valence-electron chi connectivity index (χ4n) is 1.75. The highest BCUT2D eigenvalue weighted by atomic mass is 32.2. The monoisotopic (exact) mass is 216 g/mol. The highest BCUT2D eigenvalue weighted by Gasteiger charge is 2.20. The summed E-state index contributed by atoms with van der Waals surface area (Å²) in [4.78, 5) is 11.6. The molecular formula is C10H20N2OS. The maximum absolute atomic E-state index is 11.6. The highest BCUT2D eigenvalue weighted by molar-refractivity contribution is 7.98. The highest BCUT2D eigenvalue weighted by Crippen LogP contribution is 2.17. The van der Waals surface area contributed by atoms with Crippen molar-refractivity contribution in [2.45, 2.75) is 44.2 Å². The van der Waals surface area contributed by atoms with Crippen molar-refractivity contribution in [3.8, 4) is 0 Å². The fourth-order valence-corrected chi connectivity index (χ4v) is 2.24. The van der Waals surface area contributed by atoms with Crippen molar-refractivity contribution < 1.29 is 4.79 Å². The van der Waals surface area contributed by atoms with Gasteiger partial charge in [-0.15, -0.1) is 0 Å². The van der Waals surface area contributed by atoms with Crippen molar-refractivity contribution in [1.82, 2.24) is 5.32 Å². The van der Waals surface area contributed by atoms with Gasteiger partial charge in [0.15, 0.2) is 0 Å². The number of amides is 1. The molecule has 4 heteroatoms. The molecule has 0 aromatic carbocycles. The number of nitrogens with two attached hydrogens (primary N) is 1. The van der Waals surface area contributed by atoms with Crippen LogP contribution in [0.1, 0.15) is 32.1 Å². The summed E-state index contributed by atoms with van der Waals surface area (Å²) in [6, 6.07) is 0.0749. The lowest BCUT2D eigenvalue weighted by molar-refractivity contribution is -0.123. The van der Waals surface area contributed by atoms with Gasteiger partial charge in [0.2, 0.25) is 5.91 Å². The molecule has 1 aliphatic rings. The Hall–Kier alpha value is -0.220. The van der Waals surface area contributed by atoms with E-state index in [0.29, 0.717) is 6.04 Å². The first-order chi connectivity index (χ1) is 6.74. The summed E-state index contributed by atoms with van der Waals surface area (Å²) < 4.78 is 0. The van der Waals surface area contributed by atoms with Gasteiger partial charge in [-0.25, -0.2) is 0 Å². The lowest BCUT2D eigenvalue weighted by Crippen LogP contribution is -2.44. The van der Waals surface area contributed by atoms with E-state index in [4.69, 9.17) is 5.73 Å². The molecule has 3 N–H and O–H groups in total. The standard InChI is InChI=1S/C10H20N2OS/c1-14-7-6-9(11)10(13)12-8-4-2-3-5-8/h8-9H,2-7,11H2,1H3,(H,12,13)/t9-/m0/s1. The van der Waals surface area contributed by atoms with Gasteiger partial charge in [0.1, 0.15) is 0 Å². The van der Waals surface area contributed by atoms with Gasteiger partial charge < -0.3 is 11.1 Å². The number of hydrogen-bond acceptors (Lipinski definition) is 3. The second-order valence-corrected chi connectivity index (χ2v) is 4.86. The Bertz CT molecular complexity index is 181. The molecule has 1 atom stereocenters. The summed E-state index contributed by atoms with van der Waals surface area (Å²) in [6.07, 6.45) is 7.54. The smallest absolute Gasteiger partial charge is 0.237 e. The number of rotatable bonds is 5. The predicted molar refractivity (Wildman–Crippen MR) is 61.4 cm³/mol. The minimum absolute atomic E-state index is 0.0333. The largest absolute Gasteiger partial charge is 0.352 e. The van der Waals surface area contributed by atoms with Gasteiger partial charge in [-0.1, -0.05) is 12.8 Å². The first kappa shape index (κ1) is 11.9. The van der Waals surface area contributed by atoms with E-state index < -0.39 is 0 Å². The topological polar surface area (TPSA) is 55.1 Å². The Morgan fingerprint density at radius 1 is 1.57 bits per heavy atom. The van der Waals surface area contributed by atoms with Crippen molar-refractivity contribution in [2.75, 3.05) is 12.0 Å². The van der Waals surface area contributed by atoms with Crippen molar-refractivity contribution in [2.24, 2.45) is 5.73 Å². The third kappa shape index (κ3) is 3.88. The summed E-state index contributed by atoms with van der Waals surface area (Å²) in [5, 5.41) is 3.01. The van der Waals surface area contributed by atoms with Crippen LogP contribution in [-0.4, -0.2) is 30.0 Å². The molecule has 0 spiro atoms. The van der Waals surface area contributed by atoms with E-state index in [2.05, 4.69) is 5.32 Å². The SMILES string of the molecule is CSCC[C@H](N)C(=O)NC1CCCC1. The zero-order valence-electron chi connectivity index (χ0n) is 8.79. The molecule has 14 heavy (non-hydrogen) atoms. The van der Waals surface area contributed by atoms with Crippen LogP contribution in [0.15, 0.2) is 0 Å². The van der Waals surface area contributed by atoms with Gasteiger partial charge in [0, 0.05) is 6.04 Å². The van der Waals surface area contributed by atoms with Gasteiger partial charge in [-0.3, -0.25) is 4.79 Å². The average molecular weight is 216 g/mol. The van der Waals surface area contributed by atoms with Crippen LogP contribution in [-0.2, 0) is 4.79 Å². The van der Waals surface area contributed by atoms with Crippen LogP contribution in [0.3, 0.4) is 0 Å². The Kier molecular flexibility index (Phi) is 5.33. The second kappa shape index (κ2) is 6.30. The quantitative estimate of drug-likeness (QED) is 0.724. The van der Waals surface area contributed by atoms with Crippen LogP contribution < -0.4 is 11.1 Å². The number of carbonyl (C=O) groups excluding carboxylic acids is 1. The van der Waals surface area contributed by atoms with Gasteiger partial charge in [0.25, 0.3) is 0 Å². The molecule has 0 aliphatic heterocycles. The van der Waals surface area contributed by atoms with Gasteiger partial charge in [-0.2, -0.15) is 11.8 Å². The average Bonchev–Trinajstić information content (AvgIpc) is 2.66. The maximum atomic E-state index is 11.6. The van der Waals surface area contributed by atoms with E-state index in [1.54, 1.807) is 11.8 Å². The molecule has 1 amide bonds. The van der Waals surface area contributed by atoms with Crippen LogP contribution in [0, 0.1) is 0 Å². The first-order valence-corrected chi connectivity index (χ1v) is 6.68. The van der Waals surface area contributed by atoms with Gasteiger partial charge in [0.05, 0.1) is 6.04 Å². The third-order valence-electron chi connectivity index (χ3n) is 2.67. The van der Waals surface area contributed by atoms with Crippen molar-refractivity contribution in [3.05, 3.63) is 0 Å². The van der Waals surface area contributed by atoms with Crippen molar-refractivity contribution in [1.29, 1.82) is 0 Å². The molecule has 1 aliphatic carbocycles. The molecule has 0 heterocycles. The molecule has 0 radical (unpaired) electrons. The summed E-state index contributed by atoms with van der Waals surface area (Å²) in [5.74, 6) is 0.991. The number of thioether (sulfide) groups is 1. The Labute approximate surface area is 90.2 Å². The minimum atomic E-state index is -0.317. The third-order valence-corrected chi connectivity index (χ3v) is 3.32. The van der Waals surface area contributed by atoms with E-state index in [9.17, 15) is 4.79 Å². The fraction of sp³-hybridized carbons (Fsp3) is 0.900.